The van der Waals surface area contributed by atoms with Crippen molar-refractivity contribution in [1.29, 1.82) is 0 Å². The summed E-state index contributed by atoms with van der Waals surface area (Å²) >= 11 is 12.3. The number of ether oxygens (including phenoxy) is 2. The normalized spacial score (nSPS) is 23.5. The molecular formula is C29H36ClFN7O6PS. The number of nitrogen functional groups attached to an aromatic ring is 1. The molecule has 3 heterocycles. The van der Waals surface area contributed by atoms with Gasteiger partial charge in [-0.3, -0.25) is 9.36 Å². The second-order valence-electron chi connectivity index (χ2n) is 11.4. The summed E-state index contributed by atoms with van der Waals surface area (Å²) in [6.45, 7) is 0.865. The largest absolute Gasteiger partial charge is 0.462 e. The molecule has 0 aliphatic carbocycles. The first-order valence-corrected chi connectivity index (χ1v) is 17.6. The molecule has 0 bridgehead atoms. The van der Waals surface area contributed by atoms with Gasteiger partial charge in [-0.25, -0.2) is 14.5 Å². The van der Waals surface area contributed by atoms with Gasteiger partial charge in [-0.1, -0.05) is 36.4 Å². The van der Waals surface area contributed by atoms with Gasteiger partial charge in [-0.15, -0.1) is 11.6 Å². The molecule has 17 heteroatoms. The van der Waals surface area contributed by atoms with E-state index in [0.29, 0.717) is 17.1 Å². The molecule has 1 aliphatic heterocycles. The summed E-state index contributed by atoms with van der Waals surface area (Å²) < 4.78 is 41.3. The first-order chi connectivity index (χ1) is 21.8. The lowest BCUT2D eigenvalue weighted by Gasteiger charge is -2.33. The second-order valence-corrected chi connectivity index (χ2v) is 14.8. The van der Waals surface area contributed by atoms with Crippen LogP contribution in [-0.2, 0) is 30.6 Å². The highest BCUT2D eigenvalue weighted by Gasteiger charge is 2.57. The zero-order chi connectivity index (χ0) is 33.4. The molecule has 46 heavy (non-hydrogen) atoms. The number of nitrogens with zero attached hydrogens (tertiary/aromatic N) is 5. The molecule has 0 amide bonds. The van der Waals surface area contributed by atoms with Crippen LogP contribution >= 0.6 is 18.2 Å². The number of rotatable bonds is 12. The number of benzene rings is 2. The number of fused-ring (bicyclic) bond motifs is 2. The number of carbonyl (C=O) groups excluding carboxylic acids is 1. The number of aliphatic hydroxyl groups excluding tert-OH is 1. The number of alkyl halides is 2. The van der Waals surface area contributed by atoms with E-state index in [0.717, 1.165) is 10.8 Å². The smallest absolute Gasteiger partial charge is 0.323 e. The van der Waals surface area contributed by atoms with Crippen molar-refractivity contribution in [2.24, 2.45) is 0 Å². The third kappa shape index (κ3) is 6.77. The zero-order valence-corrected chi connectivity index (χ0v) is 28.3. The number of nitrogens with two attached hydrogens (primary N) is 1. The molecule has 0 spiro atoms. The van der Waals surface area contributed by atoms with Gasteiger partial charge in [0.2, 0.25) is 5.95 Å². The Kier molecular flexibility index (Phi) is 10.0. The van der Waals surface area contributed by atoms with Crippen LogP contribution in [0.15, 0.2) is 48.8 Å². The number of aromatic nitrogens is 4. The van der Waals surface area contributed by atoms with E-state index in [1.165, 1.54) is 10.9 Å². The Morgan fingerprint density at radius 3 is 2.67 bits per heavy atom. The van der Waals surface area contributed by atoms with Gasteiger partial charge < -0.3 is 34.3 Å². The lowest BCUT2D eigenvalue weighted by atomic mass is 9.99. The van der Waals surface area contributed by atoms with Crippen molar-refractivity contribution < 1.29 is 32.8 Å². The van der Waals surface area contributed by atoms with Crippen LogP contribution in [0.25, 0.3) is 21.9 Å². The van der Waals surface area contributed by atoms with Gasteiger partial charge in [0, 0.05) is 19.5 Å². The maximum atomic E-state index is 15.9. The predicted octanol–water partition coefficient (Wildman–Crippen LogP) is 4.08. The number of nitrogens with one attached hydrogen (secondary N) is 1. The number of carbonyl (C=O) groups is 1. The number of esters is 1. The monoisotopic (exact) mass is 695 g/mol. The van der Waals surface area contributed by atoms with Crippen molar-refractivity contribution in [2.45, 2.75) is 57.0 Å². The van der Waals surface area contributed by atoms with Crippen molar-refractivity contribution in [3.05, 3.63) is 48.8 Å². The van der Waals surface area contributed by atoms with Crippen LogP contribution in [0.3, 0.4) is 0 Å². The van der Waals surface area contributed by atoms with E-state index >= 15 is 4.39 Å². The highest BCUT2D eigenvalue weighted by atomic mass is 35.5. The molecule has 4 aromatic rings. The van der Waals surface area contributed by atoms with Gasteiger partial charge in [0.25, 0.3) is 0 Å². The molecule has 1 aliphatic rings. The Morgan fingerprint density at radius 1 is 1.26 bits per heavy atom. The van der Waals surface area contributed by atoms with Gasteiger partial charge >= 0.3 is 12.6 Å². The van der Waals surface area contributed by atoms with Gasteiger partial charge in [-0.2, -0.15) is 9.97 Å². The average Bonchev–Trinajstić information content (AvgIpc) is 3.53. The Labute approximate surface area is 275 Å². The molecule has 13 nitrogen and oxygen atoms in total. The average molecular weight is 696 g/mol. The minimum Gasteiger partial charge on any atom is -0.462 e. The fourth-order valence-corrected chi connectivity index (χ4v) is 7.77. The third-order valence-electron chi connectivity index (χ3n) is 7.32. The van der Waals surface area contributed by atoms with E-state index in [-0.39, 0.29) is 23.6 Å². The number of hydrogen-bond donors (Lipinski definition) is 3. The molecular weight excluding hydrogens is 660 g/mol. The Balaban J connectivity index is 1.46. The molecule has 1 unspecified atom stereocenters. The summed E-state index contributed by atoms with van der Waals surface area (Å²) in [5, 5.41) is 15.8. The lowest BCUT2D eigenvalue weighted by Crippen LogP contribution is -2.48. The van der Waals surface area contributed by atoms with Crippen molar-refractivity contribution in [3.8, 4) is 5.75 Å². The van der Waals surface area contributed by atoms with Crippen molar-refractivity contribution in [3.63, 3.8) is 0 Å². The van der Waals surface area contributed by atoms with Gasteiger partial charge in [-0.05, 0) is 44.0 Å². The van der Waals surface area contributed by atoms with Crippen LogP contribution in [0.2, 0.25) is 0 Å². The fraction of sp³-hybridized carbons (Fsp3) is 0.448. The third-order valence-corrected chi connectivity index (χ3v) is 10.2. The molecule has 2 aromatic carbocycles. The van der Waals surface area contributed by atoms with E-state index in [1.807, 2.05) is 30.3 Å². The van der Waals surface area contributed by atoms with Crippen molar-refractivity contribution in [1.82, 2.24) is 24.6 Å². The standard InChI is InChI=1S/C29H36ClFN7O6PS/c1-16(2)42-27(40)17(3)36-45(46,44-20-12-8-10-18-9-6-7-11-19(18)20)41-14-29(13-30)23(39)21(31)26(43-29)38-15-33-22-24(37(4)5)34-28(32)35-25(22)38/h6-12,15-17,21,23,26,39H,13-14H2,1-5H3,(H,36,46)(H2,32,34,35)/t17-,21-,23-,26+,29+,45?/m0/s1. The van der Waals surface area contributed by atoms with Crippen LogP contribution in [-0.4, -0.2) is 87.2 Å². The molecule has 2 aromatic heterocycles. The summed E-state index contributed by atoms with van der Waals surface area (Å²) in [5.74, 6) is -0.197. The van der Waals surface area contributed by atoms with E-state index in [2.05, 4.69) is 20.0 Å². The van der Waals surface area contributed by atoms with E-state index in [1.54, 1.807) is 51.9 Å². The first kappa shape index (κ1) is 34.2. The van der Waals surface area contributed by atoms with Gasteiger partial charge in [0.05, 0.1) is 24.9 Å². The minimum atomic E-state index is -3.65. The summed E-state index contributed by atoms with van der Waals surface area (Å²) in [6.07, 6.45) is -4.19. The molecule has 6 atom stereocenters. The van der Waals surface area contributed by atoms with Crippen LogP contribution in [0, 0.1) is 0 Å². The maximum Gasteiger partial charge on any atom is 0.323 e. The quantitative estimate of drug-likeness (QED) is 0.111. The van der Waals surface area contributed by atoms with Crippen LogP contribution in [0.1, 0.15) is 27.0 Å². The van der Waals surface area contributed by atoms with E-state index in [4.69, 9.17) is 47.7 Å². The van der Waals surface area contributed by atoms with E-state index < -0.39 is 49.4 Å². The number of anilines is 2. The fourth-order valence-electron chi connectivity index (χ4n) is 5.03. The van der Waals surface area contributed by atoms with Crippen molar-refractivity contribution >= 4 is 69.7 Å². The number of aliphatic hydroxyl groups is 1. The van der Waals surface area contributed by atoms with E-state index in [9.17, 15) is 9.90 Å². The Hall–Kier alpha value is -3.17. The lowest BCUT2D eigenvalue weighted by molar-refractivity contribution is -0.149. The zero-order valence-electron chi connectivity index (χ0n) is 25.8. The second kappa shape index (κ2) is 13.5. The number of halogens is 2. The summed E-state index contributed by atoms with van der Waals surface area (Å²) in [7, 11) is 3.51. The Morgan fingerprint density at radius 2 is 1.98 bits per heavy atom. The van der Waals surface area contributed by atoms with Crippen molar-refractivity contribution in [2.75, 3.05) is 37.2 Å². The van der Waals surface area contributed by atoms with Gasteiger partial charge in [0.1, 0.15) is 23.5 Å². The molecule has 1 fully saturated rings. The molecule has 0 radical (unpaired) electrons. The molecule has 5 rings (SSSR count). The van der Waals surface area contributed by atoms with Gasteiger partial charge in [0.15, 0.2) is 29.4 Å². The summed E-state index contributed by atoms with van der Waals surface area (Å²) in [6, 6.07) is 12.0. The number of imidazole rings is 1. The molecule has 1 saturated heterocycles. The summed E-state index contributed by atoms with van der Waals surface area (Å²) in [5.41, 5.74) is 4.70. The topological polar surface area (TPSA) is 159 Å². The maximum absolute atomic E-state index is 15.9. The highest BCUT2D eigenvalue weighted by Crippen LogP contribution is 2.50. The Bertz CT molecular complexity index is 1780. The highest BCUT2D eigenvalue weighted by molar-refractivity contribution is 8.09. The molecule has 0 saturated carbocycles. The predicted molar refractivity (Wildman–Crippen MR) is 177 cm³/mol. The van der Waals surface area contributed by atoms with Crippen LogP contribution in [0.4, 0.5) is 16.2 Å². The van der Waals surface area contributed by atoms with Crippen LogP contribution < -0.4 is 20.2 Å². The first-order valence-electron chi connectivity index (χ1n) is 14.4. The molecule has 4 N–H and O–H groups in total. The number of hydrogen-bond acceptors (Lipinski definition) is 12. The van der Waals surface area contributed by atoms with Crippen LogP contribution in [0.5, 0.6) is 5.75 Å². The summed E-state index contributed by atoms with van der Waals surface area (Å²) in [4.78, 5) is 27.3. The SMILES string of the molecule is CC(C)OC(=O)[C@H](C)NP(=S)(OC[C@@]1(CCl)O[C@@H](n2cnc3c(N(C)C)nc(N)nc32)[C@@H](F)[C@@H]1O)Oc1cccc2ccccc12. The molecule has 248 valence electrons. The minimum absolute atomic E-state index is 0.0543.